The fraction of sp³-hybridized carbons (Fsp3) is 0.263. The van der Waals surface area contributed by atoms with E-state index in [9.17, 15) is 9.59 Å². The summed E-state index contributed by atoms with van der Waals surface area (Å²) < 4.78 is 15.9. The van der Waals surface area contributed by atoms with Gasteiger partial charge in [-0.15, -0.1) is 11.3 Å². The van der Waals surface area contributed by atoms with Crippen LogP contribution < -0.4 is 20.1 Å². The number of nitrogens with one attached hydrogen (secondary N) is 2. The molecule has 0 bridgehead atoms. The van der Waals surface area contributed by atoms with Crippen molar-refractivity contribution in [2.24, 2.45) is 0 Å². The number of rotatable bonds is 8. The third kappa shape index (κ3) is 4.76. The molecule has 1 amide bonds. The number of ether oxygens (including phenoxy) is 3. The molecule has 0 aliphatic carbocycles. The molecule has 0 fully saturated rings. The second kappa shape index (κ2) is 9.99. The summed E-state index contributed by atoms with van der Waals surface area (Å²) in [6, 6.07) is 1.52. The molecule has 3 rings (SSSR count). The van der Waals surface area contributed by atoms with Crippen LogP contribution in [0.25, 0.3) is 10.2 Å². The smallest absolute Gasteiger partial charge is 0.325 e. The molecule has 0 unspecified atom stereocenters. The van der Waals surface area contributed by atoms with Crippen LogP contribution in [-0.2, 0) is 9.53 Å². The Bertz CT molecular complexity index is 1110. The number of carbonyl (C=O) groups is 2. The highest BCUT2D eigenvalue weighted by Crippen LogP contribution is 2.44. The SMILES string of the molecule is CCOC(=O)CNc1ncnc2c(C(=O)Nc3c(Cl)c(OC)cc(OC)c3Cl)csc12. The molecule has 0 atom stereocenters. The molecule has 0 aliphatic rings. The van der Waals surface area contributed by atoms with Crippen molar-refractivity contribution in [2.75, 3.05) is 38.0 Å². The number of fused-ring (bicyclic) bond motifs is 1. The highest BCUT2D eigenvalue weighted by molar-refractivity contribution is 7.18. The van der Waals surface area contributed by atoms with Gasteiger partial charge in [0.15, 0.2) is 0 Å². The second-order valence-corrected chi connectivity index (χ2v) is 7.58. The standard InChI is InChI=1S/C19H18Cl2N4O5S/c1-4-30-12(26)6-22-18-17-15(23-8-24-18)9(7-31-17)19(27)25-16-13(20)10(28-2)5-11(29-3)14(16)21/h5,7-8H,4,6H2,1-3H3,(H,25,27)(H,22,23,24). The Labute approximate surface area is 191 Å². The van der Waals surface area contributed by atoms with Gasteiger partial charge < -0.3 is 24.8 Å². The first-order valence-electron chi connectivity index (χ1n) is 8.94. The summed E-state index contributed by atoms with van der Waals surface area (Å²) in [5, 5.41) is 7.49. The van der Waals surface area contributed by atoms with Crippen LogP contribution >= 0.6 is 34.5 Å². The summed E-state index contributed by atoms with van der Waals surface area (Å²) >= 11 is 13.9. The van der Waals surface area contributed by atoms with E-state index in [2.05, 4.69) is 20.6 Å². The number of hydrogen-bond donors (Lipinski definition) is 2. The normalized spacial score (nSPS) is 10.6. The molecule has 2 N–H and O–H groups in total. The van der Waals surface area contributed by atoms with Gasteiger partial charge in [0.05, 0.1) is 42.3 Å². The Balaban J connectivity index is 1.91. The Kier molecular flexibility index (Phi) is 7.37. The second-order valence-electron chi connectivity index (χ2n) is 5.95. The monoisotopic (exact) mass is 484 g/mol. The number of nitrogens with zero attached hydrogens (tertiary/aromatic N) is 2. The van der Waals surface area contributed by atoms with Gasteiger partial charge in [0.1, 0.15) is 40.2 Å². The lowest BCUT2D eigenvalue weighted by atomic mass is 10.2. The van der Waals surface area contributed by atoms with Crippen LogP contribution in [0.15, 0.2) is 17.8 Å². The first-order valence-corrected chi connectivity index (χ1v) is 10.6. The number of esters is 1. The number of amides is 1. The van der Waals surface area contributed by atoms with Crippen LogP contribution in [0.4, 0.5) is 11.5 Å². The molecule has 1 aromatic carbocycles. The Hall–Kier alpha value is -2.82. The molecule has 31 heavy (non-hydrogen) atoms. The van der Waals surface area contributed by atoms with Gasteiger partial charge in [0.25, 0.3) is 5.91 Å². The maximum atomic E-state index is 13.0. The van der Waals surface area contributed by atoms with E-state index in [1.165, 1.54) is 38.0 Å². The molecule has 2 heterocycles. The minimum Gasteiger partial charge on any atom is -0.495 e. The fourth-order valence-corrected chi connectivity index (χ4v) is 4.24. The van der Waals surface area contributed by atoms with Gasteiger partial charge in [-0.05, 0) is 6.92 Å². The van der Waals surface area contributed by atoms with Crippen LogP contribution in [0.1, 0.15) is 17.3 Å². The molecular formula is C19H18Cl2N4O5S. The summed E-state index contributed by atoms with van der Waals surface area (Å²) in [7, 11) is 2.88. The highest BCUT2D eigenvalue weighted by atomic mass is 35.5. The largest absolute Gasteiger partial charge is 0.495 e. The topological polar surface area (TPSA) is 112 Å². The number of methoxy groups -OCH3 is 2. The van der Waals surface area contributed by atoms with E-state index in [-0.39, 0.29) is 34.4 Å². The van der Waals surface area contributed by atoms with Gasteiger partial charge >= 0.3 is 5.97 Å². The summed E-state index contributed by atoms with van der Waals surface area (Å²) in [4.78, 5) is 33.0. The van der Waals surface area contributed by atoms with E-state index in [0.717, 1.165) is 0 Å². The molecule has 9 nitrogen and oxygen atoms in total. The number of anilines is 2. The maximum Gasteiger partial charge on any atom is 0.325 e. The predicted octanol–water partition coefficient (Wildman–Crippen LogP) is 4.24. The molecule has 0 saturated heterocycles. The van der Waals surface area contributed by atoms with E-state index in [1.807, 2.05) is 0 Å². The average Bonchev–Trinajstić information content (AvgIpc) is 3.20. The number of halogens is 2. The first kappa shape index (κ1) is 22.9. The predicted molar refractivity (Wildman–Crippen MR) is 120 cm³/mol. The van der Waals surface area contributed by atoms with E-state index >= 15 is 0 Å². The lowest BCUT2D eigenvalue weighted by Gasteiger charge is -2.15. The molecule has 164 valence electrons. The lowest BCUT2D eigenvalue weighted by Crippen LogP contribution is -2.17. The summed E-state index contributed by atoms with van der Waals surface area (Å²) in [5.41, 5.74) is 0.847. The van der Waals surface area contributed by atoms with Crippen LogP contribution in [0.5, 0.6) is 11.5 Å². The number of hydrogen-bond acceptors (Lipinski definition) is 9. The molecule has 2 aromatic heterocycles. The minimum absolute atomic E-state index is 0.0613. The van der Waals surface area contributed by atoms with Crippen LogP contribution in [-0.4, -0.2) is 49.2 Å². The summed E-state index contributed by atoms with van der Waals surface area (Å²) in [5.74, 6) is 0.101. The molecule has 0 saturated carbocycles. The summed E-state index contributed by atoms with van der Waals surface area (Å²) in [6.07, 6.45) is 1.30. The van der Waals surface area contributed by atoms with Gasteiger partial charge in [-0.2, -0.15) is 0 Å². The molecule has 3 aromatic rings. The van der Waals surface area contributed by atoms with E-state index in [0.29, 0.717) is 27.5 Å². The van der Waals surface area contributed by atoms with Crippen molar-refractivity contribution in [3.05, 3.63) is 33.4 Å². The lowest BCUT2D eigenvalue weighted by molar-refractivity contribution is -0.140. The van der Waals surface area contributed by atoms with Crippen molar-refractivity contribution in [1.29, 1.82) is 0 Å². The van der Waals surface area contributed by atoms with Gasteiger partial charge in [-0.3, -0.25) is 9.59 Å². The van der Waals surface area contributed by atoms with Crippen LogP contribution in [0, 0.1) is 0 Å². The Morgan fingerprint density at radius 1 is 1.13 bits per heavy atom. The van der Waals surface area contributed by atoms with E-state index in [1.54, 1.807) is 12.3 Å². The zero-order chi connectivity index (χ0) is 22.5. The van der Waals surface area contributed by atoms with Gasteiger partial charge in [-0.1, -0.05) is 23.2 Å². The van der Waals surface area contributed by atoms with Gasteiger partial charge in [0, 0.05) is 11.4 Å². The summed E-state index contributed by atoms with van der Waals surface area (Å²) in [6.45, 7) is 1.94. The Morgan fingerprint density at radius 3 is 2.42 bits per heavy atom. The molecule has 12 heteroatoms. The van der Waals surface area contributed by atoms with Crippen LogP contribution in [0.3, 0.4) is 0 Å². The quantitative estimate of drug-likeness (QED) is 0.456. The van der Waals surface area contributed by atoms with Gasteiger partial charge in [-0.25, -0.2) is 9.97 Å². The molecular weight excluding hydrogens is 467 g/mol. The third-order valence-corrected chi connectivity index (χ3v) is 5.84. The first-order chi connectivity index (χ1) is 14.9. The van der Waals surface area contributed by atoms with Crippen molar-refractivity contribution in [1.82, 2.24) is 9.97 Å². The van der Waals surface area contributed by atoms with E-state index < -0.39 is 11.9 Å². The molecule has 0 spiro atoms. The van der Waals surface area contributed by atoms with Crippen LogP contribution in [0.2, 0.25) is 10.0 Å². The Morgan fingerprint density at radius 2 is 1.81 bits per heavy atom. The van der Waals surface area contributed by atoms with Gasteiger partial charge in [0.2, 0.25) is 0 Å². The number of benzene rings is 1. The van der Waals surface area contributed by atoms with Crippen molar-refractivity contribution in [2.45, 2.75) is 6.92 Å². The number of aromatic nitrogens is 2. The number of thiophene rings is 1. The highest BCUT2D eigenvalue weighted by Gasteiger charge is 2.22. The van der Waals surface area contributed by atoms with Crippen molar-refractivity contribution >= 4 is 68.1 Å². The minimum atomic E-state index is -0.486. The van der Waals surface area contributed by atoms with Crippen molar-refractivity contribution < 1.29 is 23.8 Å². The van der Waals surface area contributed by atoms with E-state index in [4.69, 9.17) is 37.4 Å². The number of carbonyl (C=O) groups excluding carboxylic acids is 2. The van der Waals surface area contributed by atoms with Crippen molar-refractivity contribution in [3.8, 4) is 11.5 Å². The molecule has 0 aliphatic heterocycles. The average molecular weight is 485 g/mol. The fourth-order valence-electron chi connectivity index (χ4n) is 2.68. The zero-order valence-corrected chi connectivity index (χ0v) is 19.1. The van der Waals surface area contributed by atoms with Crippen molar-refractivity contribution in [3.63, 3.8) is 0 Å². The zero-order valence-electron chi connectivity index (χ0n) is 16.7. The maximum absolute atomic E-state index is 13.0. The third-order valence-electron chi connectivity index (χ3n) is 4.12. The molecule has 0 radical (unpaired) electrons.